The maximum absolute atomic E-state index is 6.57. The summed E-state index contributed by atoms with van der Waals surface area (Å²) in [6.07, 6.45) is 22.1. The fourth-order valence-electron chi connectivity index (χ4n) is 7.07. The highest BCUT2D eigenvalue weighted by Gasteiger charge is 2.17. The topological polar surface area (TPSA) is 30.9 Å². The Morgan fingerprint density at radius 1 is 0.796 bits per heavy atom. The van der Waals surface area contributed by atoms with Gasteiger partial charge in [-0.15, -0.1) is 0 Å². The van der Waals surface area contributed by atoms with Crippen LogP contribution in [0.1, 0.15) is 30.9 Å². The molecule has 0 fully saturated rings. The molecule has 240 valence electrons. The Balaban J connectivity index is 1.30. The van der Waals surface area contributed by atoms with Gasteiger partial charge in [-0.1, -0.05) is 146 Å². The average molecular weight is 635 g/mol. The van der Waals surface area contributed by atoms with Crippen LogP contribution in [0.2, 0.25) is 0 Å². The molecule has 0 amide bonds. The molecule has 0 bridgehead atoms. The van der Waals surface area contributed by atoms with Gasteiger partial charge in [-0.3, -0.25) is 0 Å². The van der Waals surface area contributed by atoms with Crippen molar-refractivity contribution < 1.29 is 0 Å². The number of nitrogens with zero attached hydrogens (tertiary/aromatic N) is 1. The first kappa shape index (κ1) is 31.7. The third kappa shape index (κ3) is 6.64. The molecule has 5 aromatic carbocycles. The predicted molar refractivity (Wildman–Crippen MR) is 213 cm³/mol. The van der Waals surface area contributed by atoms with Gasteiger partial charge in [0.1, 0.15) is 0 Å². The summed E-state index contributed by atoms with van der Waals surface area (Å²) in [5.41, 5.74) is 19.1. The highest BCUT2D eigenvalue weighted by atomic mass is 15.0. The Morgan fingerprint density at radius 3 is 2.35 bits per heavy atom. The number of hydrogen-bond acceptors (Lipinski definition) is 1. The van der Waals surface area contributed by atoms with Gasteiger partial charge in [-0.05, 0) is 89.1 Å². The lowest BCUT2D eigenvalue weighted by Crippen LogP contribution is -2.11. The molecule has 1 atom stereocenters. The Kier molecular flexibility index (Phi) is 9.39. The number of hydrogen-bond donors (Lipinski definition) is 1. The van der Waals surface area contributed by atoms with E-state index in [1.165, 1.54) is 32.9 Å². The third-order valence-electron chi connectivity index (χ3n) is 9.54. The summed E-state index contributed by atoms with van der Waals surface area (Å²) >= 11 is 0. The molecule has 2 nitrogen and oxygen atoms in total. The number of anilines is 1. The fourth-order valence-corrected chi connectivity index (χ4v) is 7.07. The first-order valence-corrected chi connectivity index (χ1v) is 17.2. The van der Waals surface area contributed by atoms with Gasteiger partial charge in [0.05, 0.1) is 0 Å². The lowest BCUT2D eigenvalue weighted by molar-refractivity contribution is 0.625. The number of nitrogen functional groups attached to an aromatic ring is 1. The largest absolute Gasteiger partial charge is 0.398 e. The molecule has 1 aliphatic carbocycles. The van der Waals surface area contributed by atoms with Crippen LogP contribution in [-0.2, 0) is 6.54 Å². The zero-order valence-electron chi connectivity index (χ0n) is 28.1. The van der Waals surface area contributed by atoms with E-state index >= 15 is 0 Å². The van der Waals surface area contributed by atoms with Gasteiger partial charge >= 0.3 is 0 Å². The van der Waals surface area contributed by atoms with E-state index in [0.717, 1.165) is 58.5 Å². The minimum Gasteiger partial charge on any atom is -0.398 e. The number of nitrogens with two attached hydrogens (primary N) is 1. The molecule has 0 radical (unpaired) electrons. The van der Waals surface area contributed by atoms with Crippen LogP contribution >= 0.6 is 0 Å². The van der Waals surface area contributed by atoms with Crippen LogP contribution < -0.4 is 5.73 Å². The number of aromatic nitrogens is 1. The second-order valence-electron chi connectivity index (χ2n) is 12.6. The van der Waals surface area contributed by atoms with Crippen molar-refractivity contribution in [3.05, 3.63) is 187 Å². The van der Waals surface area contributed by atoms with Crippen LogP contribution in [0.25, 0.3) is 55.7 Å². The van der Waals surface area contributed by atoms with Crippen LogP contribution in [-0.4, -0.2) is 4.57 Å². The quantitative estimate of drug-likeness (QED) is 0.0907. The monoisotopic (exact) mass is 634 g/mol. The molecule has 2 heteroatoms. The summed E-state index contributed by atoms with van der Waals surface area (Å²) in [7, 11) is 0. The van der Waals surface area contributed by atoms with E-state index < -0.39 is 0 Å². The lowest BCUT2D eigenvalue weighted by atomic mass is 9.92. The summed E-state index contributed by atoms with van der Waals surface area (Å²) in [5, 5.41) is 2.55. The highest BCUT2D eigenvalue weighted by Crippen LogP contribution is 2.37. The summed E-state index contributed by atoms with van der Waals surface area (Å²) in [6.45, 7) is 7.06. The third-order valence-corrected chi connectivity index (χ3v) is 9.54. The minimum atomic E-state index is 0.324. The highest BCUT2D eigenvalue weighted by molar-refractivity contribution is 6.09. The summed E-state index contributed by atoms with van der Waals surface area (Å²) in [4.78, 5) is 0. The first-order chi connectivity index (χ1) is 24.1. The summed E-state index contributed by atoms with van der Waals surface area (Å²) in [6, 6.07) is 40.9. The Hall–Kier alpha value is -5.86. The van der Waals surface area contributed by atoms with E-state index in [1.54, 1.807) is 0 Å². The van der Waals surface area contributed by atoms with Crippen molar-refractivity contribution in [2.75, 3.05) is 5.73 Å². The summed E-state index contributed by atoms with van der Waals surface area (Å²) < 4.78 is 2.51. The van der Waals surface area contributed by atoms with Gasteiger partial charge < -0.3 is 10.3 Å². The average Bonchev–Trinajstić information content (AvgIpc) is 3.46. The molecule has 1 heterocycles. The Labute approximate surface area is 290 Å². The molecule has 0 saturated heterocycles. The molecule has 0 aliphatic heterocycles. The SMILES string of the molecule is C=C/C(=C\C=C/c1ccc(-c2ccc3c(c2)c2ccccc2n3CC(/C=C\C)C2=CCCC=C2)cc1-c1ccccc1N)c1ccccc1. The maximum Gasteiger partial charge on any atom is 0.0492 e. The van der Waals surface area contributed by atoms with Crippen molar-refractivity contribution in [1.82, 2.24) is 4.57 Å². The van der Waals surface area contributed by atoms with Gasteiger partial charge in [0.25, 0.3) is 0 Å². The molecule has 0 spiro atoms. The molecule has 7 rings (SSSR count). The molecule has 0 saturated carbocycles. The minimum absolute atomic E-state index is 0.324. The number of para-hydroxylation sites is 2. The number of fused-ring (bicyclic) bond motifs is 3. The van der Waals surface area contributed by atoms with E-state index in [9.17, 15) is 0 Å². The molecule has 1 aromatic heterocycles. The van der Waals surface area contributed by atoms with Crippen LogP contribution in [0, 0.1) is 5.92 Å². The molecular weight excluding hydrogens is 593 g/mol. The van der Waals surface area contributed by atoms with E-state index in [1.807, 2.05) is 36.4 Å². The molecule has 2 N–H and O–H groups in total. The van der Waals surface area contributed by atoms with Crippen molar-refractivity contribution in [2.45, 2.75) is 26.3 Å². The lowest BCUT2D eigenvalue weighted by Gasteiger charge is -2.19. The number of rotatable bonds is 10. The smallest absolute Gasteiger partial charge is 0.0492 e. The second-order valence-corrected chi connectivity index (χ2v) is 12.6. The molecular formula is C47H42N2. The molecule has 6 aromatic rings. The number of allylic oxidation sites excluding steroid dienone is 10. The van der Waals surface area contributed by atoms with Crippen molar-refractivity contribution in [3.8, 4) is 22.3 Å². The second kappa shape index (κ2) is 14.5. The van der Waals surface area contributed by atoms with Crippen LogP contribution in [0.5, 0.6) is 0 Å². The van der Waals surface area contributed by atoms with Crippen LogP contribution in [0.3, 0.4) is 0 Å². The van der Waals surface area contributed by atoms with Crippen molar-refractivity contribution in [1.29, 1.82) is 0 Å². The Morgan fingerprint density at radius 2 is 1.55 bits per heavy atom. The van der Waals surface area contributed by atoms with Crippen molar-refractivity contribution in [3.63, 3.8) is 0 Å². The zero-order valence-corrected chi connectivity index (χ0v) is 28.1. The standard InChI is InChI=1S/C47H42N2/c1-3-16-40(36-19-9-6-10-20-36)33-49-46-26-14-12-24-42(46)44-32-39(29-30-47(44)49)38-28-27-37(43(31-38)41-23-11-13-25-45(41)48)22-15-21-34(4-2)35-17-7-5-8-18-35/h3-5,7-9,11-32,40H,2,6,10,33,48H2,1H3/b16-3-,22-15-,34-21+. The van der Waals surface area contributed by atoms with Gasteiger partial charge in [0, 0.05) is 45.5 Å². The fraction of sp³-hybridized carbons (Fsp3) is 0.106. The van der Waals surface area contributed by atoms with Gasteiger partial charge in [0.15, 0.2) is 0 Å². The normalized spacial score (nSPS) is 14.2. The van der Waals surface area contributed by atoms with Crippen molar-refractivity contribution in [2.24, 2.45) is 5.92 Å². The van der Waals surface area contributed by atoms with Crippen LogP contribution in [0.15, 0.2) is 176 Å². The van der Waals surface area contributed by atoms with Gasteiger partial charge in [0.2, 0.25) is 0 Å². The van der Waals surface area contributed by atoms with Gasteiger partial charge in [-0.25, -0.2) is 0 Å². The molecule has 1 unspecified atom stereocenters. The summed E-state index contributed by atoms with van der Waals surface area (Å²) in [5.74, 6) is 0.324. The number of benzene rings is 5. The maximum atomic E-state index is 6.57. The predicted octanol–water partition coefficient (Wildman–Crippen LogP) is 12.5. The zero-order chi connectivity index (χ0) is 33.6. The van der Waals surface area contributed by atoms with E-state index in [-0.39, 0.29) is 0 Å². The molecule has 49 heavy (non-hydrogen) atoms. The molecule has 1 aliphatic rings. The van der Waals surface area contributed by atoms with E-state index in [2.05, 4.69) is 152 Å². The van der Waals surface area contributed by atoms with Crippen LogP contribution in [0.4, 0.5) is 5.69 Å². The van der Waals surface area contributed by atoms with Gasteiger partial charge in [-0.2, -0.15) is 0 Å². The van der Waals surface area contributed by atoms with Crippen molar-refractivity contribution >= 4 is 39.1 Å². The van der Waals surface area contributed by atoms with E-state index in [0.29, 0.717) is 5.92 Å². The van der Waals surface area contributed by atoms with E-state index in [4.69, 9.17) is 5.73 Å². The first-order valence-electron chi connectivity index (χ1n) is 17.2. The Bertz CT molecular complexity index is 2290.